The fourth-order valence-corrected chi connectivity index (χ4v) is 9.15. The van der Waals surface area contributed by atoms with Gasteiger partial charge in [-0.2, -0.15) is 0 Å². The molecule has 0 aliphatic rings. The molecule has 0 aliphatic carbocycles. The Morgan fingerprint density at radius 1 is 0.206 bits per heavy atom. The van der Waals surface area contributed by atoms with Gasteiger partial charge < -0.3 is 4.90 Å². The van der Waals surface area contributed by atoms with Gasteiger partial charge in [0, 0.05) is 16.9 Å². The summed E-state index contributed by atoms with van der Waals surface area (Å²) in [6.45, 7) is 0. The number of anilines is 3. The van der Waals surface area contributed by atoms with Gasteiger partial charge in [-0.1, -0.05) is 212 Å². The van der Waals surface area contributed by atoms with Crippen LogP contribution in [0.15, 0.2) is 261 Å². The molecule has 0 heterocycles. The number of fused-ring (bicyclic) bond motifs is 3. The lowest BCUT2D eigenvalue weighted by Gasteiger charge is -2.29. The van der Waals surface area contributed by atoms with Gasteiger partial charge in [0.05, 0.1) is 5.69 Å². The maximum atomic E-state index is 2.42. The van der Waals surface area contributed by atoms with E-state index in [2.05, 4.69) is 266 Å². The molecule has 0 aliphatic heterocycles. The number of hydrogen-bond donors (Lipinski definition) is 0. The molecule has 0 atom stereocenters. The zero-order chi connectivity index (χ0) is 42.0. The van der Waals surface area contributed by atoms with Gasteiger partial charge >= 0.3 is 0 Å². The molecule has 1 heteroatoms. The quantitative estimate of drug-likeness (QED) is 0.131. The number of hydrogen-bond acceptors (Lipinski definition) is 1. The summed E-state index contributed by atoms with van der Waals surface area (Å²) in [6.07, 6.45) is 0. The average molecular weight is 802 g/mol. The van der Waals surface area contributed by atoms with Gasteiger partial charge in [-0.05, 0) is 131 Å². The maximum Gasteiger partial charge on any atom is 0.0540 e. The highest BCUT2D eigenvalue weighted by atomic mass is 15.1. The van der Waals surface area contributed by atoms with Crippen LogP contribution in [0, 0.1) is 0 Å². The summed E-state index contributed by atoms with van der Waals surface area (Å²) in [5.41, 5.74) is 17.5. The number of rotatable bonds is 9. The van der Waals surface area contributed by atoms with Crippen LogP contribution in [0.2, 0.25) is 0 Å². The molecule has 0 N–H and O–H groups in total. The summed E-state index contributed by atoms with van der Waals surface area (Å²) in [5.74, 6) is 0. The molecule has 0 saturated carbocycles. The fraction of sp³-hybridized carbons (Fsp3) is 0. The van der Waals surface area contributed by atoms with Crippen LogP contribution in [-0.4, -0.2) is 0 Å². The van der Waals surface area contributed by atoms with Gasteiger partial charge in [-0.15, -0.1) is 0 Å². The van der Waals surface area contributed by atoms with E-state index < -0.39 is 0 Å². The number of nitrogens with zero attached hydrogens (tertiary/aromatic N) is 1. The highest BCUT2D eigenvalue weighted by Gasteiger charge is 2.20. The van der Waals surface area contributed by atoms with E-state index >= 15 is 0 Å². The van der Waals surface area contributed by atoms with Gasteiger partial charge in [0.25, 0.3) is 0 Å². The Morgan fingerprint density at radius 2 is 0.619 bits per heavy atom. The van der Waals surface area contributed by atoms with E-state index in [-0.39, 0.29) is 0 Å². The Balaban J connectivity index is 1.08. The maximum absolute atomic E-state index is 2.42. The van der Waals surface area contributed by atoms with Crippen LogP contribution in [0.3, 0.4) is 0 Å². The van der Waals surface area contributed by atoms with Crippen LogP contribution < -0.4 is 4.90 Å². The number of benzene rings is 11. The Bertz CT molecular complexity index is 3340. The monoisotopic (exact) mass is 801 g/mol. The first-order chi connectivity index (χ1) is 31.2. The lowest BCUT2D eigenvalue weighted by atomic mass is 9.89. The van der Waals surface area contributed by atoms with Crippen LogP contribution in [0.5, 0.6) is 0 Å². The first-order valence-corrected chi connectivity index (χ1v) is 21.7. The van der Waals surface area contributed by atoms with E-state index in [1.807, 2.05) is 0 Å². The minimum Gasteiger partial charge on any atom is -0.310 e. The van der Waals surface area contributed by atoms with Crippen LogP contribution in [0.1, 0.15) is 0 Å². The molecule has 11 aromatic carbocycles. The minimum absolute atomic E-state index is 1.08. The second kappa shape index (κ2) is 16.7. The molecule has 0 amide bonds. The molecule has 296 valence electrons. The van der Waals surface area contributed by atoms with Crippen molar-refractivity contribution in [2.75, 3.05) is 4.90 Å². The molecular formula is C62H43N. The van der Waals surface area contributed by atoms with Crippen molar-refractivity contribution in [2.45, 2.75) is 0 Å². The highest BCUT2D eigenvalue weighted by Crippen LogP contribution is 2.46. The van der Waals surface area contributed by atoms with Crippen LogP contribution in [0.25, 0.3) is 88.3 Å². The molecule has 1 nitrogen and oxygen atoms in total. The van der Waals surface area contributed by atoms with Crippen molar-refractivity contribution in [2.24, 2.45) is 0 Å². The van der Waals surface area contributed by atoms with E-state index in [4.69, 9.17) is 0 Å². The van der Waals surface area contributed by atoms with E-state index in [0.29, 0.717) is 0 Å². The minimum atomic E-state index is 1.08. The van der Waals surface area contributed by atoms with Gasteiger partial charge in [-0.3, -0.25) is 0 Å². The second-order valence-corrected chi connectivity index (χ2v) is 16.1. The third-order valence-corrected chi connectivity index (χ3v) is 12.3. The average Bonchev–Trinajstić information content (AvgIpc) is 3.37. The SMILES string of the molecule is c1ccc(-c2ccc(N(c3ccc(-c4cc5ccccc5c5ccccc45)cc3)c3ccc(-c4ccc(-c5ccccc5)cc4-c4ccccc4)cc3-c3ccccc3)cc2)cc1. The molecule has 11 aromatic rings. The van der Waals surface area contributed by atoms with Gasteiger partial charge in [0.2, 0.25) is 0 Å². The summed E-state index contributed by atoms with van der Waals surface area (Å²) in [7, 11) is 0. The largest absolute Gasteiger partial charge is 0.310 e. The van der Waals surface area contributed by atoms with Crippen molar-refractivity contribution in [3.8, 4) is 66.8 Å². The molecule has 0 radical (unpaired) electrons. The lowest BCUT2D eigenvalue weighted by Crippen LogP contribution is -2.11. The van der Waals surface area contributed by atoms with E-state index in [0.717, 1.165) is 33.8 Å². The van der Waals surface area contributed by atoms with E-state index in [1.165, 1.54) is 71.6 Å². The smallest absolute Gasteiger partial charge is 0.0540 e. The predicted octanol–water partition coefficient (Wildman–Crippen LogP) is 17.5. The molecular weight excluding hydrogens is 759 g/mol. The van der Waals surface area contributed by atoms with E-state index in [1.54, 1.807) is 0 Å². The lowest BCUT2D eigenvalue weighted by molar-refractivity contribution is 1.28. The van der Waals surface area contributed by atoms with Crippen molar-refractivity contribution in [3.63, 3.8) is 0 Å². The predicted molar refractivity (Wildman–Crippen MR) is 269 cm³/mol. The van der Waals surface area contributed by atoms with Gasteiger partial charge in [0.1, 0.15) is 0 Å². The van der Waals surface area contributed by atoms with Gasteiger partial charge in [-0.25, -0.2) is 0 Å². The third-order valence-electron chi connectivity index (χ3n) is 12.3. The molecule has 63 heavy (non-hydrogen) atoms. The molecule has 11 rings (SSSR count). The molecule has 0 saturated heterocycles. The Kier molecular flexibility index (Phi) is 9.97. The zero-order valence-corrected chi connectivity index (χ0v) is 34.8. The standard InChI is InChI=1S/C62H43N/c1-5-17-44(18-6-1)46-29-35-53(36-30-46)63(54-37-31-49(32-38-54)60-42-51-25-13-14-26-55(51)57-27-15-16-28-58(57)60)62-40-34-52(43-61(62)48-23-11-4-12-24-48)56-39-33-50(45-19-7-2-8-20-45)41-59(56)47-21-9-3-10-22-47/h1-43H. The Hall–Kier alpha value is -8.26. The highest BCUT2D eigenvalue weighted by molar-refractivity contribution is 6.13. The second-order valence-electron chi connectivity index (χ2n) is 16.1. The van der Waals surface area contributed by atoms with Crippen molar-refractivity contribution < 1.29 is 0 Å². The van der Waals surface area contributed by atoms with Crippen molar-refractivity contribution >= 4 is 38.6 Å². The zero-order valence-electron chi connectivity index (χ0n) is 34.8. The fourth-order valence-electron chi connectivity index (χ4n) is 9.15. The van der Waals surface area contributed by atoms with Crippen LogP contribution >= 0.6 is 0 Å². The Labute approximate surface area is 369 Å². The molecule has 0 unspecified atom stereocenters. The van der Waals surface area contributed by atoms with Gasteiger partial charge in [0.15, 0.2) is 0 Å². The summed E-state index contributed by atoms with van der Waals surface area (Å²) >= 11 is 0. The Morgan fingerprint density at radius 3 is 1.24 bits per heavy atom. The van der Waals surface area contributed by atoms with Crippen molar-refractivity contribution in [3.05, 3.63) is 261 Å². The summed E-state index contributed by atoms with van der Waals surface area (Å²) in [6, 6.07) is 94.7. The van der Waals surface area contributed by atoms with Crippen molar-refractivity contribution in [1.82, 2.24) is 0 Å². The summed E-state index contributed by atoms with van der Waals surface area (Å²) < 4.78 is 0. The third kappa shape index (κ3) is 7.37. The van der Waals surface area contributed by atoms with Crippen LogP contribution in [0.4, 0.5) is 17.1 Å². The topological polar surface area (TPSA) is 3.24 Å². The molecule has 0 aromatic heterocycles. The van der Waals surface area contributed by atoms with Crippen LogP contribution in [-0.2, 0) is 0 Å². The first kappa shape index (κ1) is 37.7. The molecule has 0 fully saturated rings. The first-order valence-electron chi connectivity index (χ1n) is 21.7. The van der Waals surface area contributed by atoms with E-state index in [9.17, 15) is 0 Å². The molecule has 0 spiro atoms. The molecule has 0 bridgehead atoms. The van der Waals surface area contributed by atoms with Crippen molar-refractivity contribution in [1.29, 1.82) is 0 Å². The normalized spacial score (nSPS) is 11.2. The summed E-state index contributed by atoms with van der Waals surface area (Å²) in [5, 5.41) is 5.05. The summed E-state index contributed by atoms with van der Waals surface area (Å²) in [4.78, 5) is 2.42.